The average Bonchev–Trinajstić information content (AvgIpc) is 2.48. The smallest absolute Gasteiger partial charge is 0.231 e. The van der Waals surface area contributed by atoms with E-state index in [1.807, 2.05) is 30.3 Å². The lowest BCUT2D eigenvalue weighted by Gasteiger charge is -2.08. The van der Waals surface area contributed by atoms with Crippen molar-refractivity contribution in [1.29, 1.82) is 0 Å². The van der Waals surface area contributed by atoms with Crippen molar-refractivity contribution in [2.75, 3.05) is 16.3 Å². The summed E-state index contributed by atoms with van der Waals surface area (Å²) in [5.74, 6) is 0.668. The van der Waals surface area contributed by atoms with Crippen molar-refractivity contribution in [1.82, 2.24) is 15.2 Å². The average molecular weight is 315 g/mol. The van der Waals surface area contributed by atoms with Crippen LogP contribution in [0.1, 0.15) is 0 Å². The molecule has 3 aromatic rings. The summed E-state index contributed by atoms with van der Waals surface area (Å²) in [5.41, 5.74) is 1.63. The van der Waals surface area contributed by atoms with Crippen LogP contribution in [0.2, 0.25) is 0 Å². The van der Waals surface area contributed by atoms with E-state index in [2.05, 4.69) is 25.2 Å². The maximum absolute atomic E-state index is 11.1. The van der Waals surface area contributed by atoms with Crippen LogP contribution in [0.25, 0.3) is 10.9 Å². The highest BCUT2D eigenvalue weighted by molar-refractivity contribution is 7.92. The van der Waals surface area contributed by atoms with Gasteiger partial charge in [0.1, 0.15) is 0 Å². The van der Waals surface area contributed by atoms with Crippen molar-refractivity contribution in [3.05, 3.63) is 48.7 Å². The second kappa shape index (κ2) is 5.57. The lowest BCUT2D eigenvalue weighted by molar-refractivity contribution is 0.606. The zero-order valence-electron chi connectivity index (χ0n) is 11.7. The Balaban J connectivity index is 1.86. The number of pyridine rings is 1. The van der Waals surface area contributed by atoms with Crippen LogP contribution in [0.3, 0.4) is 0 Å². The SMILES string of the molecule is CS(=O)(=O)Nc1ccc(Nc2cccc3cccnc23)nn1. The van der Waals surface area contributed by atoms with Gasteiger partial charge in [-0.2, -0.15) is 0 Å². The van der Waals surface area contributed by atoms with E-state index < -0.39 is 10.0 Å². The zero-order valence-corrected chi connectivity index (χ0v) is 12.5. The van der Waals surface area contributed by atoms with E-state index in [4.69, 9.17) is 0 Å². The van der Waals surface area contributed by atoms with Crippen LogP contribution < -0.4 is 10.0 Å². The van der Waals surface area contributed by atoms with Gasteiger partial charge in [0, 0.05) is 11.6 Å². The Morgan fingerprint density at radius 1 is 0.955 bits per heavy atom. The van der Waals surface area contributed by atoms with Gasteiger partial charge in [-0.1, -0.05) is 18.2 Å². The van der Waals surface area contributed by atoms with Crippen molar-refractivity contribution in [3.8, 4) is 0 Å². The fraction of sp³-hybridized carbons (Fsp3) is 0.0714. The number of hydrogen-bond acceptors (Lipinski definition) is 6. The molecule has 0 amide bonds. The van der Waals surface area contributed by atoms with Crippen LogP contribution in [0.15, 0.2) is 48.7 Å². The number of para-hydroxylation sites is 1. The van der Waals surface area contributed by atoms with Gasteiger partial charge in [-0.15, -0.1) is 10.2 Å². The summed E-state index contributed by atoms with van der Waals surface area (Å²) in [6.07, 6.45) is 2.78. The highest BCUT2D eigenvalue weighted by Crippen LogP contribution is 2.23. The molecule has 112 valence electrons. The predicted octanol–water partition coefficient (Wildman–Crippen LogP) is 2.14. The molecule has 22 heavy (non-hydrogen) atoms. The summed E-state index contributed by atoms with van der Waals surface area (Å²) in [7, 11) is -3.36. The molecule has 0 saturated carbocycles. The Hall–Kier alpha value is -2.74. The summed E-state index contributed by atoms with van der Waals surface area (Å²) in [4.78, 5) is 4.34. The number of hydrogen-bond donors (Lipinski definition) is 2. The predicted molar refractivity (Wildman–Crippen MR) is 85.5 cm³/mol. The molecule has 1 aromatic carbocycles. The first kappa shape index (κ1) is 14.2. The van der Waals surface area contributed by atoms with E-state index >= 15 is 0 Å². The number of benzene rings is 1. The molecule has 0 unspecified atom stereocenters. The third kappa shape index (κ3) is 3.29. The van der Waals surface area contributed by atoms with Gasteiger partial charge in [-0.3, -0.25) is 9.71 Å². The summed E-state index contributed by atoms with van der Waals surface area (Å²) >= 11 is 0. The number of rotatable bonds is 4. The highest BCUT2D eigenvalue weighted by atomic mass is 32.2. The number of anilines is 3. The van der Waals surface area contributed by atoms with Gasteiger partial charge in [-0.05, 0) is 24.3 Å². The van der Waals surface area contributed by atoms with Gasteiger partial charge in [-0.25, -0.2) is 8.42 Å². The third-order valence-corrected chi connectivity index (χ3v) is 3.43. The van der Waals surface area contributed by atoms with Gasteiger partial charge in [0.15, 0.2) is 11.6 Å². The van der Waals surface area contributed by atoms with Crippen LogP contribution in [-0.4, -0.2) is 29.9 Å². The Labute approximate surface area is 127 Å². The molecule has 3 rings (SSSR count). The van der Waals surface area contributed by atoms with E-state index in [-0.39, 0.29) is 5.82 Å². The second-order valence-electron chi connectivity index (χ2n) is 4.68. The third-order valence-electron chi connectivity index (χ3n) is 2.85. The van der Waals surface area contributed by atoms with Crippen LogP contribution in [0.5, 0.6) is 0 Å². The maximum atomic E-state index is 11.1. The largest absolute Gasteiger partial charge is 0.337 e. The number of sulfonamides is 1. The Morgan fingerprint density at radius 3 is 2.41 bits per heavy atom. The van der Waals surface area contributed by atoms with E-state index in [0.717, 1.165) is 22.8 Å². The molecule has 0 fully saturated rings. The van der Waals surface area contributed by atoms with Gasteiger partial charge in [0.2, 0.25) is 10.0 Å². The molecule has 0 bridgehead atoms. The summed E-state index contributed by atoms with van der Waals surface area (Å²) < 4.78 is 24.5. The molecule has 7 nitrogen and oxygen atoms in total. The standard InChI is InChI=1S/C14H13N5O2S/c1-22(20,21)19-13-8-7-12(17-18-13)16-11-6-2-4-10-5-3-9-15-14(10)11/h2-9H,1H3,(H,16,17)(H,18,19). The highest BCUT2D eigenvalue weighted by Gasteiger charge is 2.06. The van der Waals surface area contributed by atoms with E-state index in [1.165, 1.54) is 6.07 Å². The van der Waals surface area contributed by atoms with Crippen LogP contribution in [0.4, 0.5) is 17.3 Å². The van der Waals surface area contributed by atoms with E-state index in [1.54, 1.807) is 12.3 Å². The molecular weight excluding hydrogens is 302 g/mol. The quantitative estimate of drug-likeness (QED) is 0.765. The maximum Gasteiger partial charge on any atom is 0.231 e. The first-order chi connectivity index (χ1) is 10.5. The molecular formula is C14H13N5O2S. The first-order valence-corrected chi connectivity index (χ1v) is 8.33. The zero-order chi connectivity index (χ0) is 15.6. The number of nitrogens with zero attached hydrogens (tertiary/aromatic N) is 3. The molecule has 0 aliphatic heterocycles. The minimum Gasteiger partial charge on any atom is -0.337 e. The number of fused-ring (bicyclic) bond motifs is 1. The molecule has 0 saturated heterocycles. The second-order valence-corrected chi connectivity index (χ2v) is 6.43. The van der Waals surface area contributed by atoms with E-state index in [9.17, 15) is 8.42 Å². The fourth-order valence-corrected chi connectivity index (χ4v) is 2.48. The summed E-state index contributed by atoms with van der Waals surface area (Å²) in [6, 6.07) is 12.8. The lowest BCUT2D eigenvalue weighted by atomic mass is 10.2. The van der Waals surface area contributed by atoms with Crippen LogP contribution >= 0.6 is 0 Å². The molecule has 2 heterocycles. The number of nitrogens with one attached hydrogen (secondary N) is 2. The topological polar surface area (TPSA) is 96.9 Å². The first-order valence-electron chi connectivity index (χ1n) is 6.43. The lowest BCUT2D eigenvalue weighted by Crippen LogP contribution is -2.11. The molecule has 2 aromatic heterocycles. The van der Waals surface area contributed by atoms with E-state index in [0.29, 0.717) is 5.82 Å². The fourth-order valence-electron chi connectivity index (χ4n) is 1.99. The van der Waals surface area contributed by atoms with Crippen molar-refractivity contribution >= 4 is 38.2 Å². The Kier molecular flexibility index (Phi) is 3.60. The Morgan fingerprint density at radius 2 is 1.68 bits per heavy atom. The van der Waals surface area contributed by atoms with Crippen LogP contribution in [0, 0.1) is 0 Å². The van der Waals surface area contributed by atoms with Crippen molar-refractivity contribution in [3.63, 3.8) is 0 Å². The van der Waals surface area contributed by atoms with Gasteiger partial charge >= 0.3 is 0 Å². The molecule has 2 N–H and O–H groups in total. The van der Waals surface area contributed by atoms with Gasteiger partial charge < -0.3 is 5.32 Å². The summed E-state index contributed by atoms with van der Waals surface area (Å²) in [6.45, 7) is 0. The van der Waals surface area contributed by atoms with Crippen molar-refractivity contribution in [2.45, 2.75) is 0 Å². The molecule has 0 spiro atoms. The van der Waals surface area contributed by atoms with Gasteiger partial charge in [0.25, 0.3) is 0 Å². The van der Waals surface area contributed by atoms with Gasteiger partial charge in [0.05, 0.1) is 17.5 Å². The van der Waals surface area contributed by atoms with Crippen molar-refractivity contribution < 1.29 is 8.42 Å². The normalized spacial score (nSPS) is 11.3. The minimum atomic E-state index is -3.36. The summed E-state index contributed by atoms with van der Waals surface area (Å²) in [5, 5.41) is 11.9. The molecule has 0 aliphatic rings. The monoisotopic (exact) mass is 315 g/mol. The molecule has 8 heteroatoms. The molecule has 0 atom stereocenters. The van der Waals surface area contributed by atoms with Crippen molar-refractivity contribution in [2.24, 2.45) is 0 Å². The number of aromatic nitrogens is 3. The van der Waals surface area contributed by atoms with Crippen LogP contribution in [-0.2, 0) is 10.0 Å². The minimum absolute atomic E-state index is 0.170. The Bertz CT molecular complexity index is 905. The molecule has 0 aliphatic carbocycles. The molecule has 0 radical (unpaired) electrons.